The highest BCUT2D eigenvalue weighted by atomic mass is 15.3. The Hall–Kier alpha value is -2.37. The van der Waals surface area contributed by atoms with E-state index < -0.39 is 0 Å². The van der Waals surface area contributed by atoms with Crippen LogP contribution < -0.4 is 5.32 Å². The highest BCUT2D eigenvalue weighted by molar-refractivity contribution is 5.80. The Morgan fingerprint density at radius 2 is 2.29 bits per heavy atom. The highest BCUT2D eigenvalue weighted by Crippen LogP contribution is 2.28. The van der Waals surface area contributed by atoms with Gasteiger partial charge in [0.15, 0.2) is 11.8 Å². The zero-order chi connectivity index (χ0) is 17.0. The van der Waals surface area contributed by atoms with Gasteiger partial charge in [-0.1, -0.05) is 32.0 Å². The van der Waals surface area contributed by atoms with Gasteiger partial charge in [-0.3, -0.25) is 5.10 Å². The van der Waals surface area contributed by atoms with Gasteiger partial charge in [-0.2, -0.15) is 5.10 Å². The molecule has 0 spiro atoms. The number of nitrogens with zero attached hydrogens (tertiary/aromatic N) is 4. The van der Waals surface area contributed by atoms with Gasteiger partial charge in [0.25, 0.3) is 0 Å². The topological polar surface area (TPSA) is 69.2 Å². The van der Waals surface area contributed by atoms with Gasteiger partial charge in [-0.25, -0.2) is 9.98 Å². The third-order valence-corrected chi connectivity index (χ3v) is 4.34. The van der Waals surface area contributed by atoms with E-state index in [9.17, 15) is 0 Å². The summed E-state index contributed by atoms with van der Waals surface area (Å²) in [6.45, 7) is 10.4. The van der Waals surface area contributed by atoms with E-state index in [0.717, 1.165) is 42.5 Å². The first-order valence-corrected chi connectivity index (χ1v) is 8.55. The summed E-state index contributed by atoms with van der Waals surface area (Å²) in [7, 11) is 0. The van der Waals surface area contributed by atoms with Gasteiger partial charge in [0.1, 0.15) is 6.33 Å². The van der Waals surface area contributed by atoms with E-state index >= 15 is 0 Å². The molecule has 0 radical (unpaired) electrons. The highest BCUT2D eigenvalue weighted by Gasteiger charge is 2.30. The van der Waals surface area contributed by atoms with Gasteiger partial charge in [0, 0.05) is 25.2 Å². The van der Waals surface area contributed by atoms with Crippen LogP contribution in [0.2, 0.25) is 0 Å². The number of guanidine groups is 1. The van der Waals surface area contributed by atoms with E-state index in [4.69, 9.17) is 4.99 Å². The fraction of sp³-hybridized carbons (Fsp3) is 0.500. The minimum Gasteiger partial charge on any atom is -0.357 e. The smallest absolute Gasteiger partial charge is 0.194 e. The molecule has 1 aromatic carbocycles. The Morgan fingerprint density at radius 3 is 2.96 bits per heavy atom. The summed E-state index contributed by atoms with van der Waals surface area (Å²) in [4.78, 5) is 11.4. The standard InChI is InChI=1S/C18H26N6/c1-4-19-17(24-9-8-18(2,3)12-24)20-11-14-6-5-7-15(10-14)16-21-13-22-23-16/h5-7,10,13H,4,8-9,11-12H2,1-3H3,(H,19,20)(H,21,22,23). The number of benzene rings is 1. The molecule has 0 saturated carbocycles. The Balaban J connectivity index is 1.74. The van der Waals surface area contributed by atoms with E-state index in [-0.39, 0.29) is 0 Å². The lowest BCUT2D eigenvalue weighted by Crippen LogP contribution is -2.40. The first-order valence-electron chi connectivity index (χ1n) is 8.55. The van der Waals surface area contributed by atoms with Gasteiger partial charge in [0.05, 0.1) is 6.54 Å². The second-order valence-corrected chi connectivity index (χ2v) is 7.04. The Bertz CT molecular complexity index is 689. The minimum absolute atomic E-state index is 0.363. The van der Waals surface area contributed by atoms with Crippen LogP contribution in [0, 0.1) is 5.41 Å². The Labute approximate surface area is 143 Å². The fourth-order valence-electron chi connectivity index (χ4n) is 3.05. The van der Waals surface area contributed by atoms with Crippen molar-refractivity contribution in [2.24, 2.45) is 10.4 Å². The zero-order valence-corrected chi connectivity index (χ0v) is 14.7. The summed E-state index contributed by atoms with van der Waals surface area (Å²) in [6, 6.07) is 8.28. The number of rotatable bonds is 4. The summed E-state index contributed by atoms with van der Waals surface area (Å²) in [5.74, 6) is 1.79. The maximum absolute atomic E-state index is 4.84. The molecule has 128 valence electrons. The molecule has 0 aliphatic carbocycles. The number of hydrogen-bond donors (Lipinski definition) is 2. The second kappa shape index (κ2) is 7.03. The maximum Gasteiger partial charge on any atom is 0.194 e. The average Bonchev–Trinajstić information content (AvgIpc) is 3.21. The number of likely N-dealkylation sites (tertiary alicyclic amines) is 1. The molecule has 0 unspecified atom stereocenters. The number of aromatic nitrogens is 3. The van der Waals surface area contributed by atoms with Crippen molar-refractivity contribution >= 4 is 5.96 Å². The van der Waals surface area contributed by atoms with Crippen LogP contribution in [-0.2, 0) is 6.54 Å². The summed E-state index contributed by atoms with van der Waals surface area (Å²) in [5, 5.41) is 10.2. The van der Waals surface area contributed by atoms with E-state index in [0.29, 0.717) is 12.0 Å². The van der Waals surface area contributed by atoms with Crippen molar-refractivity contribution < 1.29 is 0 Å². The Kier molecular flexibility index (Phi) is 4.83. The molecule has 1 aliphatic rings. The quantitative estimate of drug-likeness (QED) is 0.669. The van der Waals surface area contributed by atoms with Crippen molar-refractivity contribution in [1.82, 2.24) is 25.4 Å². The first kappa shape index (κ1) is 16.5. The number of nitrogens with one attached hydrogen (secondary N) is 2. The van der Waals surface area contributed by atoms with Gasteiger partial charge in [-0.15, -0.1) is 0 Å². The predicted octanol–water partition coefficient (Wildman–Crippen LogP) is 2.67. The lowest BCUT2D eigenvalue weighted by atomic mass is 9.93. The van der Waals surface area contributed by atoms with Crippen molar-refractivity contribution in [2.75, 3.05) is 19.6 Å². The van der Waals surface area contributed by atoms with Crippen LogP contribution in [0.5, 0.6) is 0 Å². The van der Waals surface area contributed by atoms with Crippen LogP contribution >= 0.6 is 0 Å². The molecule has 0 amide bonds. The molecule has 1 saturated heterocycles. The molecule has 2 heterocycles. The van der Waals surface area contributed by atoms with Crippen LogP contribution in [0.3, 0.4) is 0 Å². The summed E-state index contributed by atoms with van der Waals surface area (Å²) < 4.78 is 0. The van der Waals surface area contributed by atoms with Crippen molar-refractivity contribution in [3.63, 3.8) is 0 Å². The van der Waals surface area contributed by atoms with Crippen molar-refractivity contribution in [2.45, 2.75) is 33.7 Å². The van der Waals surface area contributed by atoms with Crippen LogP contribution in [-0.4, -0.2) is 45.7 Å². The van der Waals surface area contributed by atoms with Gasteiger partial charge >= 0.3 is 0 Å². The van der Waals surface area contributed by atoms with Crippen LogP contribution in [0.4, 0.5) is 0 Å². The van der Waals surface area contributed by atoms with Crippen molar-refractivity contribution in [1.29, 1.82) is 0 Å². The molecule has 2 N–H and O–H groups in total. The minimum atomic E-state index is 0.363. The number of aliphatic imine (C=N–C) groups is 1. The normalized spacial score (nSPS) is 17.3. The number of H-pyrrole nitrogens is 1. The van der Waals surface area contributed by atoms with E-state index in [1.54, 1.807) is 0 Å². The summed E-state index contributed by atoms with van der Waals surface area (Å²) in [6.07, 6.45) is 2.73. The largest absolute Gasteiger partial charge is 0.357 e. The molecule has 1 fully saturated rings. The van der Waals surface area contributed by atoms with Crippen LogP contribution in [0.25, 0.3) is 11.4 Å². The lowest BCUT2D eigenvalue weighted by Gasteiger charge is -2.23. The van der Waals surface area contributed by atoms with E-state index in [1.165, 1.54) is 12.7 Å². The average molecular weight is 326 g/mol. The molecule has 24 heavy (non-hydrogen) atoms. The molecule has 6 heteroatoms. The molecular formula is C18H26N6. The predicted molar refractivity (Wildman–Crippen MR) is 96.6 cm³/mol. The summed E-state index contributed by atoms with van der Waals surface area (Å²) in [5.41, 5.74) is 2.56. The van der Waals surface area contributed by atoms with Gasteiger partial charge in [-0.05, 0) is 30.4 Å². The van der Waals surface area contributed by atoms with Gasteiger partial charge < -0.3 is 10.2 Å². The van der Waals surface area contributed by atoms with Crippen molar-refractivity contribution in [3.05, 3.63) is 36.2 Å². The van der Waals surface area contributed by atoms with Crippen LogP contribution in [0.1, 0.15) is 32.8 Å². The lowest BCUT2D eigenvalue weighted by molar-refractivity contribution is 0.370. The SMILES string of the molecule is CCNC(=NCc1cccc(-c2ncn[nH]2)c1)N1CCC(C)(C)C1. The molecule has 6 nitrogen and oxygen atoms in total. The van der Waals surface area contributed by atoms with Crippen molar-refractivity contribution in [3.8, 4) is 11.4 Å². The molecule has 0 atom stereocenters. The monoisotopic (exact) mass is 326 g/mol. The van der Waals surface area contributed by atoms with Crippen LogP contribution in [0.15, 0.2) is 35.6 Å². The molecule has 1 aliphatic heterocycles. The Morgan fingerprint density at radius 1 is 1.42 bits per heavy atom. The molecule has 3 rings (SSSR count). The molecule has 1 aromatic heterocycles. The van der Waals surface area contributed by atoms with E-state index in [2.05, 4.69) is 58.3 Å². The number of aromatic amines is 1. The molecule has 2 aromatic rings. The van der Waals surface area contributed by atoms with Gasteiger partial charge in [0.2, 0.25) is 0 Å². The third-order valence-electron chi connectivity index (χ3n) is 4.34. The molecule has 0 bridgehead atoms. The fourth-order valence-corrected chi connectivity index (χ4v) is 3.05. The number of hydrogen-bond acceptors (Lipinski definition) is 3. The summed E-state index contributed by atoms with van der Waals surface area (Å²) >= 11 is 0. The zero-order valence-electron chi connectivity index (χ0n) is 14.7. The molecular weight excluding hydrogens is 300 g/mol. The third kappa shape index (κ3) is 3.93. The van der Waals surface area contributed by atoms with E-state index in [1.807, 2.05) is 12.1 Å². The second-order valence-electron chi connectivity index (χ2n) is 7.04. The first-order chi connectivity index (χ1) is 11.6. The maximum atomic E-state index is 4.84.